The van der Waals surface area contributed by atoms with Gasteiger partial charge in [-0.3, -0.25) is 9.78 Å². The minimum atomic E-state index is -0.227. The van der Waals surface area contributed by atoms with Gasteiger partial charge >= 0.3 is 0 Å². The molecule has 1 aliphatic heterocycles. The van der Waals surface area contributed by atoms with Gasteiger partial charge in [-0.25, -0.2) is 4.68 Å². The summed E-state index contributed by atoms with van der Waals surface area (Å²) >= 11 is 0. The molecule has 22 heavy (non-hydrogen) atoms. The van der Waals surface area contributed by atoms with Crippen LogP contribution in [-0.2, 0) is 17.8 Å². The average molecular weight is 301 g/mol. The standard InChI is InChI=1S/C15H19N5O2/c1-11-7-16-5-4-12(11)8-17-15(21)14-10-20(19-18-14)9-13-3-2-6-22-13/h4-5,7,10,13H,2-3,6,8-9H2,1H3,(H,17,21). The molecule has 0 aliphatic carbocycles. The van der Waals surface area contributed by atoms with E-state index in [-0.39, 0.29) is 12.0 Å². The van der Waals surface area contributed by atoms with Crippen molar-refractivity contribution in [3.05, 3.63) is 41.5 Å². The van der Waals surface area contributed by atoms with Gasteiger partial charge in [0, 0.05) is 25.5 Å². The summed E-state index contributed by atoms with van der Waals surface area (Å²) in [6.07, 6.45) is 7.44. The monoisotopic (exact) mass is 301 g/mol. The van der Waals surface area contributed by atoms with E-state index in [1.807, 2.05) is 13.0 Å². The van der Waals surface area contributed by atoms with Crippen LogP contribution in [-0.4, -0.2) is 38.6 Å². The number of pyridine rings is 1. The van der Waals surface area contributed by atoms with Crippen molar-refractivity contribution in [1.82, 2.24) is 25.3 Å². The fraction of sp³-hybridized carbons (Fsp3) is 0.467. The number of hydrogen-bond acceptors (Lipinski definition) is 5. The molecule has 1 atom stereocenters. The van der Waals surface area contributed by atoms with Crippen LogP contribution in [0.5, 0.6) is 0 Å². The molecule has 1 amide bonds. The molecule has 1 N–H and O–H groups in total. The predicted octanol–water partition coefficient (Wildman–Crippen LogP) is 1.09. The predicted molar refractivity (Wildman–Crippen MR) is 79.1 cm³/mol. The molecule has 116 valence electrons. The van der Waals surface area contributed by atoms with Crippen LogP contribution in [0, 0.1) is 6.92 Å². The summed E-state index contributed by atoms with van der Waals surface area (Å²) in [7, 11) is 0. The molecule has 1 aliphatic rings. The number of nitrogens with one attached hydrogen (secondary N) is 1. The van der Waals surface area contributed by atoms with Crippen molar-refractivity contribution in [2.45, 2.75) is 39.0 Å². The highest BCUT2D eigenvalue weighted by molar-refractivity contribution is 5.91. The minimum Gasteiger partial charge on any atom is -0.376 e. The molecule has 0 aromatic carbocycles. The van der Waals surface area contributed by atoms with Gasteiger partial charge in [0.25, 0.3) is 5.91 Å². The van der Waals surface area contributed by atoms with E-state index >= 15 is 0 Å². The van der Waals surface area contributed by atoms with Gasteiger partial charge in [0.15, 0.2) is 5.69 Å². The fourth-order valence-corrected chi connectivity index (χ4v) is 2.46. The van der Waals surface area contributed by atoms with Gasteiger partial charge in [-0.05, 0) is 37.0 Å². The number of aryl methyl sites for hydroxylation is 1. The van der Waals surface area contributed by atoms with Crippen LogP contribution in [0.25, 0.3) is 0 Å². The van der Waals surface area contributed by atoms with Crippen LogP contribution in [0.1, 0.15) is 34.5 Å². The Hall–Kier alpha value is -2.28. The van der Waals surface area contributed by atoms with E-state index in [0.29, 0.717) is 18.8 Å². The number of carbonyl (C=O) groups is 1. The molecule has 2 aromatic rings. The van der Waals surface area contributed by atoms with Crippen molar-refractivity contribution >= 4 is 5.91 Å². The number of carbonyl (C=O) groups excluding carboxylic acids is 1. The Labute approximate surface area is 128 Å². The smallest absolute Gasteiger partial charge is 0.273 e. The SMILES string of the molecule is Cc1cnccc1CNC(=O)c1cn(CC2CCCO2)nn1. The topological polar surface area (TPSA) is 81.9 Å². The van der Waals surface area contributed by atoms with Crippen LogP contribution < -0.4 is 5.32 Å². The van der Waals surface area contributed by atoms with Crippen LogP contribution in [0.3, 0.4) is 0 Å². The zero-order chi connectivity index (χ0) is 15.4. The molecular weight excluding hydrogens is 282 g/mol. The van der Waals surface area contributed by atoms with Crippen molar-refractivity contribution in [2.75, 3.05) is 6.61 Å². The van der Waals surface area contributed by atoms with Gasteiger partial charge in [-0.15, -0.1) is 5.10 Å². The Balaban J connectivity index is 1.56. The third-order valence-electron chi connectivity index (χ3n) is 3.76. The van der Waals surface area contributed by atoms with E-state index < -0.39 is 0 Å². The highest BCUT2D eigenvalue weighted by atomic mass is 16.5. The highest BCUT2D eigenvalue weighted by Crippen LogP contribution is 2.13. The molecule has 0 saturated carbocycles. The molecule has 1 saturated heterocycles. The van der Waals surface area contributed by atoms with E-state index in [9.17, 15) is 4.79 Å². The summed E-state index contributed by atoms with van der Waals surface area (Å²) in [4.78, 5) is 16.1. The summed E-state index contributed by atoms with van der Waals surface area (Å²) in [5.74, 6) is -0.227. The number of nitrogens with zero attached hydrogens (tertiary/aromatic N) is 4. The molecule has 1 unspecified atom stereocenters. The normalized spacial score (nSPS) is 17.6. The van der Waals surface area contributed by atoms with E-state index in [0.717, 1.165) is 30.6 Å². The summed E-state index contributed by atoms with van der Waals surface area (Å²) in [6, 6.07) is 1.89. The first kappa shape index (κ1) is 14.6. The highest BCUT2D eigenvalue weighted by Gasteiger charge is 2.18. The molecule has 2 aromatic heterocycles. The van der Waals surface area contributed by atoms with Crippen molar-refractivity contribution in [2.24, 2.45) is 0 Å². The first-order chi connectivity index (χ1) is 10.7. The zero-order valence-electron chi connectivity index (χ0n) is 12.5. The number of rotatable bonds is 5. The molecule has 0 spiro atoms. The second-order valence-electron chi connectivity index (χ2n) is 5.45. The zero-order valence-corrected chi connectivity index (χ0v) is 12.5. The van der Waals surface area contributed by atoms with Crippen molar-refractivity contribution in [3.63, 3.8) is 0 Å². The largest absolute Gasteiger partial charge is 0.376 e. The van der Waals surface area contributed by atoms with Crippen LogP contribution in [0.4, 0.5) is 0 Å². The third-order valence-corrected chi connectivity index (χ3v) is 3.76. The lowest BCUT2D eigenvalue weighted by molar-refractivity contribution is 0.0929. The molecule has 1 fully saturated rings. The molecular formula is C15H19N5O2. The van der Waals surface area contributed by atoms with Gasteiger partial charge in [0.05, 0.1) is 18.8 Å². The van der Waals surface area contributed by atoms with Gasteiger partial charge in [-0.1, -0.05) is 5.21 Å². The lowest BCUT2D eigenvalue weighted by Crippen LogP contribution is -2.23. The van der Waals surface area contributed by atoms with E-state index in [1.54, 1.807) is 23.3 Å². The number of amides is 1. The lowest BCUT2D eigenvalue weighted by Gasteiger charge is -2.07. The van der Waals surface area contributed by atoms with Crippen LogP contribution >= 0.6 is 0 Å². The quantitative estimate of drug-likeness (QED) is 0.894. The second kappa shape index (κ2) is 6.65. The summed E-state index contributed by atoms with van der Waals surface area (Å²) < 4.78 is 7.22. The van der Waals surface area contributed by atoms with Gasteiger partial charge in [-0.2, -0.15) is 0 Å². The van der Waals surface area contributed by atoms with E-state index in [2.05, 4.69) is 20.6 Å². The maximum Gasteiger partial charge on any atom is 0.273 e. The number of ether oxygens (including phenoxy) is 1. The number of aromatic nitrogens is 4. The lowest BCUT2D eigenvalue weighted by atomic mass is 10.1. The second-order valence-corrected chi connectivity index (χ2v) is 5.45. The number of hydrogen-bond donors (Lipinski definition) is 1. The Bertz CT molecular complexity index is 649. The van der Waals surface area contributed by atoms with Gasteiger partial charge in [0.2, 0.25) is 0 Å². The Morgan fingerprint density at radius 3 is 3.23 bits per heavy atom. The Kier molecular flexibility index (Phi) is 4.43. The van der Waals surface area contributed by atoms with E-state index in [4.69, 9.17) is 4.74 Å². The maximum atomic E-state index is 12.1. The van der Waals surface area contributed by atoms with Crippen LogP contribution in [0.15, 0.2) is 24.7 Å². The van der Waals surface area contributed by atoms with E-state index in [1.165, 1.54) is 0 Å². The van der Waals surface area contributed by atoms with Crippen LogP contribution in [0.2, 0.25) is 0 Å². The Morgan fingerprint density at radius 2 is 2.45 bits per heavy atom. The summed E-state index contributed by atoms with van der Waals surface area (Å²) in [5.41, 5.74) is 2.41. The minimum absolute atomic E-state index is 0.178. The van der Waals surface area contributed by atoms with Crippen molar-refractivity contribution in [1.29, 1.82) is 0 Å². The van der Waals surface area contributed by atoms with Crippen molar-refractivity contribution < 1.29 is 9.53 Å². The fourth-order valence-electron chi connectivity index (χ4n) is 2.46. The molecule has 7 heteroatoms. The maximum absolute atomic E-state index is 12.1. The summed E-state index contributed by atoms with van der Waals surface area (Å²) in [5, 5.41) is 10.8. The molecule has 3 rings (SSSR count). The first-order valence-corrected chi connectivity index (χ1v) is 7.42. The Morgan fingerprint density at radius 1 is 1.55 bits per heavy atom. The summed E-state index contributed by atoms with van der Waals surface area (Å²) in [6.45, 7) is 3.86. The molecule has 3 heterocycles. The molecule has 0 bridgehead atoms. The third kappa shape index (κ3) is 3.48. The van der Waals surface area contributed by atoms with Gasteiger partial charge in [0.1, 0.15) is 0 Å². The van der Waals surface area contributed by atoms with Crippen molar-refractivity contribution in [3.8, 4) is 0 Å². The molecule has 0 radical (unpaired) electrons. The molecule has 7 nitrogen and oxygen atoms in total. The van der Waals surface area contributed by atoms with Gasteiger partial charge < -0.3 is 10.1 Å². The average Bonchev–Trinajstić information content (AvgIpc) is 3.18. The first-order valence-electron chi connectivity index (χ1n) is 7.42.